The molecule has 0 aliphatic rings. The Morgan fingerprint density at radius 2 is 1.75 bits per heavy atom. The van der Waals surface area contributed by atoms with Crippen molar-refractivity contribution in [1.29, 1.82) is 0 Å². The summed E-state index contributed by atoms with van der Waals surface area (Å²) in [7, 11) is -1.80. The van der Waals surface area contributed by atoms with E-state index in [1.54, 1.807) is 0 Å². The summed E-state index contributed by atoms with van der Waals surface area (Å²) < 4.78 is 29.3. The van der Waals surface area contributed by atoms with E-state index in [4.69, 9.17) is 5.73 Å². The molecule has 0 bridgehead atoms. The Kier molecular flexibility index (Phi) is 10.7. The Morgan fingerprint density at radius 1 is 1.33 bits per heavy atom. The van der Waals surface area contributed by atoms with E-state index in [9.17, 15) is 8.42 Å². The molecule has 0 amide bonds. The maximum absolute atomic E-state index is 10.2. The van der Waals surface area contributed by atoms with Crippen molar-refractivity contribution in [3.63, 3.8) is 0 Å². The summed E-state index contributed by atoms with van der Waals surface area (Å²) in [5.41, 5.74) is 4.85. The third kappa shape index (κ3) is 22.5. The summed E-state index contributed by atoms with van der Waals surface area (Å²) in [6, 6.07) is 0. The largest absolute Gasteiger partial charge is 0.382 e. The van der Waals surface area contributed by atoms with Crippen molar-refractivity contribution >= 4 is 10.1 Å². The molecule has 0 aromatic heterocycles. The van der Waals surface area contributed by atoms with Crippen molar-refractivity contribution in [2.24, 2.45) is 5.73 Å². The minimum Gasteiger partial charge on any atom is -0.382 e. The zero-order valence-corrected chi connectivity index (χ0v) is 8.56. The fourth-order valence-corrected chi connectivity index (χ4v) is 0.640. The lowest BCUT2D eigenvalue weighted by Gasteiger charge is -1.97. The average Bonchev–Trinajstić information content (AvgIpc) is 1.87. The summed E-state index contributed by atoms with van der Waals surface area (Å²) in [5, 5.41) is 0. The smallest absolute Gasteiger partial charge is 0.264 e. The van der Waals surface area contributed by atoms with Crippen LogP contribution in [0.25, 0.3) is 0 Å². The predicted molar refractivity (Wildman–Crippen MR) is 47.4 cm³/mol. The van der Waals surface area contributed by atoms with Gasteiger partial charge in [0.15, 0.2) is 0 Å². The normalized spacial score (nSPS) is 10.3. The molecule has 12 heavy (non-hydrogen) atoms. The van der Waals surface area contributed by atoms with Crippen molar-refractivity contribution in [1.82, 2.24) is 0 Å². The second-order valence-corrected chi connectivity index (χ2v) is 3.57. The van der Waals surface area contributed by atoms with Crippen LogP contribution in [0.2, 0.25) is 0 Å². The van der Waals surface area contributed by atoms with Gasteiger partial charge in [-0.05, 0) is 6.54 Å². The molecule has 2 N–H and O–H groups in total. The van der Waals surface area contributed by atoms with Gasteiger partial charge >= 0.3 is 0 Å². The third-order valence-electron chi connectivity index (χ3n) is 0.585. The maximum Gasteiger partial charge on any atom is 0.264 e. The van der Waals surface area contributed by atoms with Crippen LogP contribution >= 0.6 is 0 Å². The first kappa shape index (κ1) is 14.4. The monoisotopic (exact) mass is 199 g/mol. The summed E-state index contributed by atoms with van der Waals surface area (Å²) >= 11 is 0. The number of nitrogens with two attached hydrogens (primary N) is 1. The van der Waals surface area contributed by atoms with Crippen LogP contribution in [0.3, 0.4) is 0 Å². The fraction of sp³-hybridized carbons (Fsp3) is 1.00. The molecule has 0 heterocycles. The predicted octanol–water partition coefficient (Wildman–Crippen LogP) is -0.426. The number of ether oxygens (including phenoxy) is 1. The molecule has 0 fully saturated rings. The lowest BCUT2D eigenvalue weighted by molar-refractivity contribution is 0.150. The van der Waals surface area contributed by atoms with Crippen molar-refractivity contribution in [2.75, 3.05) is 33.1 Å². The van der Waals surface area contributed by atoms with Gasteiger partial charge in [-0.15, -0.1) is 0 Å². The van der Waals surface area contributed by atoms with Crippen molar-refractivity contribution in [3.05, 3.63) is 0 Å². The number of methoxy groups -OCH3 is 1. The van der Waals surface area contributed by atoms with E-state index in [2.05, 4.69) is 8.92 Å². The quantitative estimate of drug-likeness (QED) is 0.491. The SMILES string of the molecule is CCN.COCCOS(C)(=O)=O. The van der Waals surface area contributed by atoms with E-state index in [1.165, 1.54) is 7.11 Å². The van der Waals surface area contributed by atoms with Crippen LogP contribution in [0.1, 0.15) is 6.92 Å². The molecule has 0 aromatic rings. The second-order valence-electron chi connectivity index (χ2n) is 1.93. The highest BCUT2D eigenvalue weighted by molar-refractivity contribution is 7.85. The number of rotatable bonds is 4. The van der Waals surface area contributed by atoms with E-state index >= 15 is 0 Å². The average molecular weight is 199 g/mol. The Hall–Kier alpha value is -0.170. The molecule has 0 atom stereocenters. The Balaban J connectivity index is 0. The molecule has 0 saturated carbocycles. The topological polar surface area (TPSA) is 78.6 Å². The highest BCUT2D eigenvalue weighted by Gasteiger charge is 1.98. The van der Waals surface area contributed by atoms with Gasteiger partial charge < -0.3 is 10.5 Å². The van der Waals surface area contributed by atoms with Crippen molar-refractivity contribution in [2.45, 2.75) is 6.92 Å². The molecule has 0 aromatic carbocycles. The van der Waals surface area contributed by atoms with Crippen LogP contribution in [-0.4, -0.2) is 41.5 Å². The molecular formula is C6H17NO4S. The van der Waals surface area contributed by atoms with Crippen LogP contribution < -0.4 is 5.73 Å². The van der Waals surface area contributed by atoms with Gasteiger partial charge in [0.25, 0.3) is 10.1 Å². The molecule has 0 aliphatic carbocycles. The first-order chi connectivity index (χ1) is 5.47. The van der Waals surface area contributed by atoms with E-state index in [0.717, 1.165) is 12.8 Å². The molecule has 0 saturated heterocycles. The Bertz CT molecular complexity index is 166. The van der Waals surface area contributed by atoms with E-state index < -0.39 is 10.1 Å². The molecule has 76 valence electrons. The molecule has 6 heteroatoms. The summed E-state index contributed by atoms with van der Waals surface area (Å²) in [5.74, 6) is 0. The summed E-state index contributed by atoms with van der Waals surface area (Å²) in [4.78, 5) is 0. The zero-order valence-electron chi connectivity index (χ0n) is 7.74. The van der Waals surface area contributed by atoms with Gasteiger partial charge in [0.05, 0.1) is 19.5 Å². The van der Waals surface area contributed by atoms with Crippen LogP contribution in [0.4, 0.5) is 0 Å². The highest BCUT2D eigenvalue weighted by atomic mass is 32.2. The van der Waals surface area contributed by atoms with E-state index in [0.29, 0.717) is 6.61 Å². The third-order valence-corrected chi connectivity index (χ3v) is 1.18. The van der Waals surface area contributed by atoms with Gasteiger partial charge in [-0.25, -0.2) is 0 Å². The molecular weight excluding hydrogens is 182 g/mol. The Labute approximate surface area is 74.0 Å². The minimum atomic E-state index is -3.28. The van der Waals surface area contributed by atoms with Crippen molar-refractivity contribution < 1.29 is 17.3 Å². The first-order valence-electron chi connectivity index (χ1n) is 3.51. The standard InChI is InChI=1S/C4H10O4S.C2H7N/c1-7-3-4-8-9(2,5)6;1-2-3/h3-4H2,1-2H3;2-3H2,1H3. The second kappa shape index (κ2) is 8.92. The first-order valence-corrected chi connectivity index (χ1v) is 5.33. The van der Waals surface area contributed by atoms with Crippen LogP contribution in [-0.2, 0) is 19.0 Å². The number of hydrogen-bond acceptors (Lipinski definition) is 5. The lowest BCUT2D eigenvalue weighted by atomic mass is 10.8. The molecule has 0 unspecified atom stereocenters. The number of hydrogen-bond donors (Lipinski definition) is 1. The van der Waals surface area contributed by atoms with Crippen molar-refractivity contribution in [3.8, 4) is 0 Å². The van der Waals surface area contributed by atoms with E-state index in [-0.39, 0.29) is 6.61 Å². The summed E-state index contributed by atoms with van der Waals surface area (Å²) in [6.07, 6.45) is 1.00. The fourth-order valence-electron chi connectivity index (χ4n) is 0.269. The maximum atomic E-state index is 10.2. The molecule has 0 aliphatic heterocycles. The minimum absolute atomic E-state index is 0.0926. The van der Waals surface area contributed by atoms with Crippen LogP contribution in [0, 0.1) is 0 Å². The van der Waals surface area contributed by atoms with Crippen LogP contribution in [0.15, 0.2) is 0 Å². The van der Waals surface area contributed by atoms with Gasteiger partial charge in [0.2, 0.25) is 0 Å². The molecule has 5 nitrogen and oxygen atoms in total. The zero-order chi connectivity index (χ0) is 10.0. The summed E-state index contributed by atoms with van der Waals surface area (Å²) in [6.45, 7) is 3.04. The van der Waals surface area contributed by atoms with Gasteiger partial charge in [0, 0.05) is 7.11 Å². The van der Waals surface area contributed by atoms with Gasteiger partial charge in [-0.1, -0.05) is 6.92 Å². The van der Waals surface area contributed by atoms with Gasteiger partial charge in [0.1, 0.15) is 0 Å². The van der Waals surface area contributed by atoms with Gasteiger partial charge in [-0.2, -0.15) is 8.42 Å². The highest BCUT2D eigenvalue weighted by Crippen LogP contribution is 1.84. The van der Waals surface area contributed by atoms with Gasteiger partial charge in [-0.3, -0.25) is 4.18 Å². The molecule has 0 radical (unpaired) electrons. The molecule has 0 rings (SSSR count). The van der Waals surface area contributed by atoms with E-state index in [1.807, 2.05) is 6.92 Å². The molecule has 0 spiro atoms. The Morgan fingerprint density at radius 3 is 2.00 bits per heavy atom. The van der Waals surface area contributed by atoms with Crippen LogP contribution in [0.5, 0.6) is 0 Å². The lowest BCUT2D eigenvalue weighted by Crippen LogP contribution is -2.07.